The van der Waals surface area contributed by atoms with E-state index in [0.717, 1.165) is 22.0 Å². The standard InChI is InChI=1S/C24H17Cl2N3O2/c25-20-7-5-15(12-21(20)26)23-8-6-18(31-23)11-17(13-27)24(30)28-10-9-16-14-29-22-4-2-1-3-19(16)22/h1-8,11-12,14,29H,9-10H2,(H,28,30). The summed E-state index contributed by atoms with van der Waals surface area (Å²) >= 11 is 12.0. The van der Waals surface area contributed by atoms with Gasteiger partial charge in [-0.15, -0.1) is 0 Å². The second kappa shape index (κ2) is 9.13. The second-order valence-electron chi connectivity index (χ2n) is 6.87. The predicted molar refractivity (Wildman–Crippen MR) is 123 cm³/mol. The summed E-state index contributed by atoms with van der Waals surface area (Å²) in [6.45, 7) is 0.409. The molecule has 4 aromatic rings. The van der Waals surface area contributed by atoms with Crippen LogP contribution in [-0.4, -0.2) is 17.4 Å². The largest absolute Gasteiger partial charge is 0.457 e. The van der Waals surface area contributed by atoms with Gasteiger partial charge in [0.25, 0.3) is 5.91 Å². The molecule has 0 saturated carbocycles. The van der Waals surface area contributed by atoms with E-state index in [2.05, 4.69) is 10.3 Å². The SMILES string of the molecule is N#CC(=Cc1ccc(-c2ccc(Cl)c(Cl)c2)o1)C(=O)NCCc1c[nH]c2ccccc12. The number of nitrogens with zero attached hydrogens (tertiary/aromatic N) is 1. The van der Waals surface area contributed by atoms with E-state index < -0.39 is 5.91 Å². The number of carbonyl (C=O) groups is 1. The van der Waals surface area contributed by atoms with Gasteiger partial charge >= 0.3 is 0 Å². The highest BCUT2D eigenvalue weighted by molar-refractivity contribution is 6.42. The van der Waals surface area contributed by atoms with Crippen molar-refractivity contribution in [3.05, 3.63) is 87.7 Å². The van der Waals surface area contributed by atoms with Crippen molar-refractivity contribution < 1.29 is 9.21 Å². The lowest BCUT2D eigenvalue weighted by molar-refractivity contribution is -0.117. The number of aromatic nitrogens is 1. The van der Waals surface area contributed by atoms with Crippen molar-refractivity contribution in [3.8, 4) is 17.4 Å². The molecule has 1 amide bonds. The molecule has 2 aromatic carbocycles. The highest BCUT2D eigenvalue weighted by Gasteiger charge is 2.12. The Hall–Kier alpha value is -3.46. The van der Waals surface area contributed by atoms with Crippen LogP contribution in [-0.2, 0) is 11.2 Å². The highest BCUT2D eigenvalue weighted by atomic mass is 35.5. The molecule has 31 heavy (non-hydrogen) atoms. The summed E-state index contributed by atoms with van der Waals surface area (Å²) in [7, 11) is 0. The molecule has 2 N–H and O–H groups in total. The molecule has 0 fully saturated rings. The number of carbonyl (C=O) groups excluding carboxylic acids is 1. The van der Waals surface area contributed by atoms with Gasteiger partial charge in [0.05, 0.1) is 10.0 Å². The first-order valence-electron chi connectivity index (χ1n) is 9.55. The van der Waals surface area contributed by atoms with E-state index in [-0.39, 0.29) is 5.57 Å². The van der Waals surface area contributed by atoms with E-state index in [1.165, 1.54) is 6.08 Å². The third kappa shape index (κ3) is 4.66. The number of H-pyrrole nitrogens is 1. The van der Waals surface area contributed by atoms with E-state index in [4.69, 9.17) is 27.6 Å². The van der Waals surface area contributed by atoms with E-state index in [0.29, 0.717) is 34.5 Å². The van der Waals surface area contributed by atoms with Crippen LogP contribution >= 0.6 is 23.2 Å². The quantitative estimate of drug-likeness (QED) is 0.279. The molecule has 0 bridgehead atoms. The fourth-order valence-electron chi connectivity index (χ4n) is 3.27. The summed E-state index contributed by atoms with van der Waals surface area (Å²) in [6, 6.07) is 18.5. The topological polar surface area (TPSA) is 81.8 Å². The van der Waals surface area contributed by atoms with Crippen molar-refractivity contribution in [1.29, 1.82) is 5.26 Å². The Kier molecular flexibility index (Phi) is 6.13. The Balaban J connectivity index is 1.42. The zero-order valence-corrected chi connectivity index (χ0v) is 17.8. The second-order valence-corrected chi connectivity index (χ2v) is 7.68. The number of hydrogen-bond donors (Lipinski definition) is 2. The Morgan fingerprint density at radius 1 is 1.13 bits per heavy atom. The average Bonchev–Trinajstić information content (AvgIpc) is 3.41. The minimum absolute atomic E-state index is 0.0334. The van der Waals surface area contributed by atoms with Crippen molar-refractivity contribution in [2.75, 3.05) is 6.54 Å². The maximum absolute atomic E-state index is 12.4. The summed E-state index contributed by atoms with van der Waals surface area (Å²) in [6.07, 6.45) is 4.00. The van der Waals surface area contributed by atoms with E-state index >= 15 is 0 Å². The molecule has 5 nitrogen and oxygen atoms in total. The fraction of sp³-hybridized carbons (Fsp3) is 0.0833. The number of hydrogen-bond acceptors (Lipinski definition) is 3. The first-order valence-corrected chi connectivity index (χ1v) is 10.3. The molecule has 0 spiro atoms. The minimum Gasteiger partial charge on any atom is -0.457 e. The summed E-state index contributed by atoms with van der Waals surface area (Å²) in [4.78, 5) is 15.7. The average molecular weight is 450 g/mol. The zero-order chi connectivity index (χ0) is 21.8. The number of rotatable bonds is 6. The molecule has 0 saturated heterocycles. The minimum atomic E-state index is -0.449. The Bertz CT molecular complexity index is 1330. The maximum atomic E-state index is 12.4. The lowest BCUT2D eigenvalue weighted by Crippen LogP contribution is -2.26. The Morgan fingerprint density at radius 3 is 2.77 bits per heavy atom. The smallest absolute Gasteiger partial charge is 0.262 e. The first-order chi connectivity index (χ1) is 15.0. The van der Waals surface area contributed by atoms with Crippen LogP contribution in [0.1, 0.15) is 11.3 Å². The van der Waals surface area contributed by atoms with Crippen molar-refractivity contribution in [2.24, 2.45) is 0 Å². The first kappa shape index (κ1) is 20.8. The van der Waals surface area contributed by atoms with Gasteiger partial charge in [-0.25, -0.2) is 0 Å². The fourth-order valence-corrected chi connectivity index (χ4v) is 3.57. The molecule has 0 atom stereocenters. The number of furan rings is 1. The van der Waals surface area contributed by atoms with Gasteiger partial charge < -0.3 is 14.7 Å². The lowest BCUT2D eigenvalue weighted by Gasteiger charge is -2.04. The predicted octanol–water partition coefficient (Wildman–Crippen LogP) is 6.00. The third-order valence-corrected chi connectivity index (χ3v) is 5.58. The van der Waals surface area contributed by atoms with Crippen molar-refractivity contribution in [2.45, 2.75) is 6.42 Å². The van der Waals surface area contributed by atoms with Crippen LogP contribution in [0.15, 0.2) is 70.8 Å². The van der Waals surface area contributed by atoms with Crippen LogP contribution in [0, 0.1) is 11.3 Å². The number of halogens is 2. The normalized spacial score (nSPS) is 11.5. The molecule has 154 valence electrons. The van der Waals surface area contributed by atoms with E-state index in [9.17, 15) is 10.1 Å². The van der Waals surface area contributed by atoms with Gasteiger partial charge in [-0.1, -0.05) is 41.4 Å². The number of nitrogens with one attached hydrogen (secondary N) is 2. The molecule has 4 rings (SSSR count). The molecule has 0 aliphatic carbocycles. The number of nitriles is 1. The van der Waals surface area contributed by atoms with Crippen LogP contribution < -0.4 is 5.32 Å². The number of para-hydroxylation sites is 1. The van der Waals surface area contributed by atoms with Gasteiger partial charge in [-0.3, -0.25) is 4.79 Å². The van der Waals surface area contributed by atoms with Gasteiger partial charge in [0.1, 0.15) is 23.2 Å². The van der Waals surface area contributed by atoms with Crippen molar-refractivity contribution in [3.63, 3.8) is 0 Å². The third-order valence-electron chi connectivity index (χ3n) is 4.84. The summed E-state index contributed by atoms with van der Waals surface area (Å²) < 4.78 is 5.75. The van der Waals surface area contributed by atoms with Crippen LogP contribution in [0.4, 0.5) is 0 Å². The molecule has 0 unspecified atom stereocenters. The van der Waals surface area contributed by atoms with Crippen LogP contribution in [0.2, 0.25) is 10.0 Å². The van der Waals surface area contributed by atoms with Crippen LogP contribution in [0.3, 0.4) is 0 Å². The van der Waals surface area contributed by atoms with Crippen LogP contribution in [0.25, 0.3) is 28.3 Å². The van der Waals surface area contributed by atoms with Gasteiger partial charge in [-0.2, -0.15) is 5.26 Å². The van der Waals surface area contributed by atoms with Crippen molar-refractivity contribution >= 4 is 46.1 Å². The van der Waals surface area contributed by atoms with Crippen LogP contribution in [0.5, 0.6) is 0 Å². The van der Waals surface area contributed by atoms with Crippen molar-refractivity contribution in [1.82, 2.24) is 10.3 Å². The monoisotopic (exact) mass is 449 g/mol. The summed E-state index contributed by atoms with van der Waals surface area (Å²) in [5, 5.41) is 14.2. The number of benzene rings is 2. The van der Waals surface area contributed by atoms with Gasteiger partial charge in [-0.05, 0) is 48.4 Å². The molecule has 7 heteroatoms. The number of amides is 1. The van der Waals surface area contributed by atoms with Gasteiger partial charge in [0.2, 0.25) is 0 Å². The zero-order valence-electron chi connectivity index (χ0n) is 16.3. The number of aromatic amines is 1. The molecular weight excluding hydrogens is 433 g/mol. The molecule has 2 heterocycles. The van der Waals surface area contributed by atoms with E-state index in [1.807, 2.05) is 36.5 Å². The maximum Gasteiger partial charge on any atom is 0.262 e. The van der Waals surface area contributed by atoms with E-state index in [1.54, 1.807) is 30.3 Å². The highest BCUT2D eigenvalue weighted by Crippen LogP contribution is 2.30. The molecule has 0 radical (unpaired) electrons. The Morgan fingerprint density at radius 2 is 1.97 bits per heavy atom. The summed E-state index contributed by atoms with van der Waals surface area (Å²) in [5.41, 5.74) is 2.87. The summed E-state index contributed by atoms with van der Waals surface area (Å²) in [5.74, 6) is 0.501. The van der Waals surface area contributed by atoms with Gasteiger partial charge in [0, 0.05) is 35.3 Å². The molecule has 2 aromatic heterocycles. The Labute approximate surface area is 188 Å². The number of fused-ring (bicyclic) bond motifs is 1. The molecule has 0 aliphatic heterocycles. The molecular formula is C24H17Cl2N3O2. The molecule has 0 aliphatic rings. The lowest BCUT2D eigenvalue weighted by atomic mass is 10.1. The van der Waals surface area contributed by atoms with Gasteiger partial charge in [0.15, 0.2) is 0 Å².